The molecule has 0 aliphatic carbocycles. The quantitative estimate of drug-likeness (QED) is 0.623. The van der Waals surface area contributed by atoms with Crippen molar-refractivity contribution in [1.29, 1.82) is 0 Å². The average Bonchev–Trinajstić information content (AvgIpc) is 2.94. The van der Waals surface area contributed by atoms with Crippen molar-refractivity contribution in [1.82, 2.24) is 15.1 Å². The fourth-order valence-corrected chi connectivity index (χ4v) is 2.41. The number of hydrogen-bond acceptors (Lipinski definition) is 5. The van der Waals surface area contributed by atoms with E-state index in [2.05, 4.69) is 22.2 Å². The molecule has 7 heteroatoms. The van der Waals surface area contributed by atoms with Gasteiger partial charge >= 0.3 is 5.69 Å². The fourth-order valence-electron chi connectivity index (χ4n) is 2.41. The third-order valence-electron chi connectivity index (χ3n) is 3.20. The van der Waals surface area contributed by atoms with Crippen molar-refractivity contribution in [2.24, 2.45) is 7.05 Å². The van der Waals surface area contributed by atoms with Gasteiger partial charge in [-0.2, -0.15) is 0 Å². The number of nitrogens with one attached hydrogen (secondary N) is 1. The standard InChI is InChI=1S/C11H19N5O2/c1-3-6-15(9-4-5-12-7-9)11-10(16(17)18)8-14(2)13-11/h8-9,12H,3-7H2,1-2H3. The van der Waals surface area contributed by atoms with Crippen LogP contribution in [-0.4, -0.2) is 40.4 Å². The zero-order chi connectivity index (χ0) is 13.1. The van der Waals surface area contributed by atoms with E-state index in [1.807, 2.05) is 0 Å². The van der Waals surface area contributed by atoms with Gasteiger partial charge < -0.3 is 10.2 Å². The second-order valence-electron chi connectivity index (χ2n) is 4.61. The summed E-state index contributed by atoms with van der Waals surface area (Å²) < 4.78 is 1.51. The molecule has 0 saturated carbocycles. The van der Waals surface area contributed by atoms with Crippen LogP contribution in [0.2, 0.25) is 0 Å². The Hall–Kier alpha value is -1.63. The molecule has 0 bridgehead atoms. The lowest BCUT2D eigenvalue weighted by Crippen LogP contribution is -2.38. The number of anilines is 1. The minimum absolute atomic E-state index is 0.0952. The van der Waals surface area contributed by atoms with Gasteiger partial charge in [-0.25, -0.2) is 0 Å². The van der Waals surface area contributed by atoms with Crippen molar-refractivity contribution in [3.05, 3.63) is 16.3 Å². The molecular formula is C11H19N5O2. The predicted molar refractivity (Wildman–Crippen MR) is 68.8 cm³/mol. The van der Waals surface area contributed by atoms with Crippen molar-refractivity contribution in [2.45, 2.75) is 25.8 Å². The van der Waals surface area contributed by atoms with Crippen molar-refractivity contribution in [3.63, 3.8) is 0 Å². The SMILES string of the molecule is CCCN(c1nn(C)cc1[N+](=O)[O-])C1CCNC1. The Morgan fingerprint density at radius 3 is 3.06 bits per heavy atom. The van der Waals surface area contributed by atoms with Crippen LogP contribution < -0.4 is 10.2 Å². The molecule has 0 spiro atoms. The Morgan fingerprint density at radius 2 is 2.50 bits per heavy atom. The van der Waals surface area contributed by atoms with E-state index < -0.39 is 0 Å². The lowest BCUT2D eigenvalue weighted by atomic mass is 10.2. The summed E-state index contributed by atoms with van der Waals surface area (Å²) in [6.45, 7) is 4.70. The molecule has 0 amide bonds. The van der Waals surface area contributed by atoms with Crippen LogP contribution in [0.25, 0.3) is 0 Å². The summed E-state index contributed by atoms with van der Waals surface area (Å²) in [5.41, 5.74) is 0.0952. The fraction of sp³-hybridized carbons (Fsp3) is 0.727. The molecule has 100 valence electrons. The normalized spacial score (nSPS) is 19.1. The van der Waals surface area contributed by atoms with Crippen LogP contribution >= 0.6 is 0 Å². The van der Waals surface area contributed by atoms with Crippen molar-refractivity contribution in [2.75, 3.05) is 24.5 Å². The summed E-state index contributed by atoms with van der Waals surface area (Å²) in [4.78, 5) is 12.8. The maximum Gasteiger partial charge on any atom is 0.330 e. The van der Waals surface area contributed by atoms with Gasteiger partial charge in [0, 0.05) is 26.2 Å². The lowest BCUT2D eigenvalue weighted by molar-refractivity contribution is -0.384. The van der Waals surface area contributed by atoms with E-state index in [-0.39, 0.29) is 10.6 Å². The maximum atomic E-state index is 11.1. The van der Waals surface area contributed by atoms with Crippen LogP contribution in [0.5, 0.6) is 0 Å². The highest BCUT2D eigenvalue weighted by Gasteiger charge is 2.30. The number of aryl methyl sites for hydroxylation is 1. The van der Waals surface area contributed by atoms with Crippen molar-refractivity contribution < 1.29 is 4.92 Å². The van der Waals surface area contributed by atoms with Crippen LogP contribution in [0.4, 0.5) is 11.5 Å². The van der Waals surface area contributed by atoms with Crippen LogP contribution in [0.3, 0.4) is 0 Å². The number of aromatic nitrogens is 2. The van der Waals surface area contributed by atoms with E-state index in [1.54, 1.807) is 7.05 Å². The van der Waals surface area contributed by atoms with Gasteiger partial charge in [0.2, 0.25) is 5.82 Å². The first-order chi connectivity index (χ1) is 8.63. The molecule has 0 aromatic carbocycles. The van der Waals surface area contributed by atoms with Gasteiger partial charge in [0.1, 0.15) is 6.20 Å². The van der Waals surface area contributed by atoms with Crippen molar-refractivity contribution in [3.8, 4) is 0 Å². The molecule has 1 aliphatic heterocycles. The van der Waals surface area contributed by atoms with Gasteiger partial charge in [-0.3, -0.25) is 14.8 Å². The number of rotatable bonds is 5. The van der Waals surface area contributed by atoms with E-state index in [4.69, 9.17) is 0 Å². The van der Waals surface area contributed by atoms with Gasteiger partial charge in [0.25, 0.3) is 0 Å². The zero-order valence-electron chi connectivity index (χ0n) is 10.8. The van der Waals surface area contributed by atoms with Gasteiger partial charge in [0.15, 0.2) is 0 Å². The largest absolute Gasteiger partial charge is 0.345 e. The van der Waals surface area contributed by atoms with E-state index in [0.717, 1.165) is 32.5 Å². The summed E-state index contributed by atoms with van der Waals surface area (Å²) in [5.74, 6) is 0.498. The Balaban J connectivity index is 2.31. The maximum absolute atomic E-state index is 11.1. The molecule has 1 fully saturated rings. The Kier molecular flexibility index (Phi) is 3.81. The second-order valence-corrected chi connectivity index (χ2v) is 4.61. The Morgan fingerprint density at radius 1 is 1.72 bits per heavy atom. The number of hydrogen-bond donors (Lipinski definition) is 1. The first-order valence-corrected chi connectivity index (χ1v) is 6.29. The van der Waals surface area contributed by atoms with Crippen molar-refractivity contribution >= 4 is 11.5 Å². The second kappa shape index (κ2) is 5.34. The highest BCUT2D eigenvalue weighted by atomic mass is 16.6. The van der Waals surface area contributed by atoms with E-state index in [0.29, 0.717) is 11.9 Å². The molecule has 1 aromatic heterocycles. The van der Waals surface area contributed by atoms with Gasteiger partial charge in [-0.15, -0.1) is 5.10 Å². The van der Waals surface area contributed by atoms with Gasteiger partial charge in [-0.05, 0) is 19.4 Å². The average molecular weight is 253 g/mol. The highest BCUT2D eigenvalue weighted by Crippen LogP contribution is 2.28. The number of nitro groups is 1. The summed E-state index contributed by atoms with van der Waals surface area (Å²) >= 11 is 0. The molecule has 18 heavy (non-hydrogen) atoms. The number of nitrogens with zero attached hydrogens (tertiary/aromatic N) is 4. The first kappa shape index (κ1) is 12.8. The molecule has 1 N–H and O–H groups in total. The monoisotopic (exact) mass is 253 g/mol. The van der Waals surface area contributed by atoms with E-state index >= 15 is 0 Å². The summed E-state index contributed by atoms with van der Waals surface area (Å²) in [7, 11) is 1.72. The van der Waals surface area contributed by atoms with E-state index in [1.165, 1.54) is 10.9 Å². The van der Waals surface area contributed by atoms with Crippen LogP contribution in [-0.2, 0) is 7.05 Å². The molecule has 1 atom stereocenters. The third-order valence-corrected chi connectivity index (χ3v) is 3.20. The van der Waals surface area contributed by atoms with Crippen LogP contribution in [0.1, 0.15) is 19.8 Å². The minimum atomic E-state index is -0.354. The highest BCUT2D eigenvalue weighted by molar-refractivity contribution is 5.57. The summed E-state index contributed by atoms with van der Waals surface area (Å²) in [5, 5.41) is 18.6. The molecule has 1 saturated heterocycles. The molecule has 1 aromatic rings. The lowest BCUT2D eigenvalue weighted by Gasteiger charge is -2.27. The van der Waals surface area contributed by atoms with Crippen LogP contribution in [0, 0.1) is 10.1 Å². The Labute approximate surface area is 106 Å². The van der Waals surface area contributed by atoms with Gasteiger partial charge in [-0.1, -0.05) is 6.92 Å². The predicted octanol–water partition coefficient (Wildman–Crippen LogP) is 0.907. The van der Waals surface area contributed by atoms with Crippen LogP contribution in [0.15, 0.2) is 6.20 Å². The molecule has 1 aliphatic rings. The smallest absolute Gasteiger partial charge is 0.330 e. The summed E-state index contributed by atoms with van der Waals surface area (Å²) in [6, 6.07) is 0.304. The molecule has 7 nitrogen and oxygen atoms in total. The van der Waals surface area contributed by atoms with Gasteiger partial charge in [0.05, 0.1) is 4.92 Å². The summed E-state index contributed by atoms with van der Waals surface area (Å²) in [6.07, 6.45) is 3.43. The topological polar surface area (TPSA) is 76.2 Å². The Bertz CT molecular complexity index is 425. The first-order valence-electron chi connectivity index (χ1n) is 6.29. The van der Waals surface area contributed by atoms with E-state index in [9.17, 15) is 10.1 Å². The minimum Gasteiger partial charge on any atom is -0.345 e. The molecule has 2 heterocycles. The molecule has 2 rings (SSSR count). The molecular weight excluding hydrogens is 234 g/mol. The third kappa shape index (κ3) is 2.45. The molecule has 1 unspecified atom stereocenters. The molecule has 0 radical (unpaired) electrons. The zero-order valence-corrected chi connectivity index (χ0v) is 10.8.